The van der Waals surface area contributed by atoms with E-state index in [9.17, 15) is 18.4 Å². The number of likely N-dealkylation sites (tertiary alicyclic amines) is 1. The van der Waals surface area contributed by atoms with Crippen LogP contribution in [0.2, 0.25) is 0 Å². The molecule has 0 unspecified atom stereocenters. The molecule has 1 aliphatic rings. The Morgan fingerprint density at radius 2 is 1.85 bits per heavy atom. The van der Waals surface area contributed by atoms with Crippen molar-refractivity contribution in [2.24, 2.45) is 5.41 Å². The fourth-order valence-corrected chi connectivity index (χ4v) is 2.25. The monoisotopic (exact) mass is 283 g/mol. The molecular formula is C14H15F2NO3. The van der Waals surface area contributed by atoms with E-state index in [0.29, 0.717) is 12.8 Å². The van der Waals surface area contributed by atoms with Crippen LogP contribution in [0.1, 0.15) is 30.1 Å². The number of benzene rings is 1. The van der Waals surface area contributed by atoms with Crippen LogP contribution in [0.25, 0.3) is 0 Å². The summed E-state index contributed by atoms with van der Waals surface area (Å²) in [7, 11) is 0. The Kier molecular flexibility index (Phi) is 3.74. The van der Waals surface area contributed by atoms with Crippen molar-refractivity contribution in [1.82, 2.24) is 4.90 Å². The summed E-state index contributed by atoms with van der Waals surface area (Å²) in [5.74, 6) is -2.96. The standard InChI is InChI=1S/C14H15F2NO3/c1-14(13(19)20)4-6-17(7-5-14)12(18)10-8-9(15)2-3-11(10)16/h2-3,8H,4-7H2,1H3,(H,19,20). The summed E-state index contributed by atoms with van der Waals surface area (Å²) in [4.78, 5) is 24.6. The smallest absolute Gasteiger partial charge is 0.309 e. The summed E-state index contributed by atoms with van der Waals surface area (Å²) in [6, 6.07) is 2.72. The Balaban J connectivity index is 2.13. The van der Waals surface area contributed by atoms with Gasteiger partial charge in [-0.05, 0) is 38.0 Å². The van der Waals surface area contributed by atoms with Crippen molar-refractivity contribution >= 4 is 11.9 Å². The van der Waals surface area contributed by atoms with Gasteiger partial charge in [-0.1, -0.05) is 0 Å². The van der Waals surface area contributed by atoms with Gasteiger partial charge in [0, 0.05) is 13.1 Å². The van der Waals surface area contributed by atoms with Gasteiger partial charge in [0.1, 0.15) is 11.6 Å². The number of carboxylic acid groups (broad SMARTS) is 1. The lowest BCUT2D eigenvalue weighted by Gasteiger charge is -2.36. The van der Waals surface area contributed by atoms with Gasteiger partial charge in [0.25, 0.3) is 5.91 Å². The molecule has 4 nitrogen and oxygen atoms in total. The SMILES string of the molecule is CC1(C(=O)O)CCN(C(=O)c2cc(F)ccc2F)CC1. The Morgan fingerprint density at radius 1 is 1.25 bits per heavy atom. The van der Waals surface area contributed by atoms with Crippen LogP contribution in [0, 0.1) is 17.0 Å². The molecule has 1 amide bonds. The highest BCUT2D eigenvalue weighted by Gasteiger charge is 2.38. The summed E-state index contributed by atoms with van der Waals surface area (Å²) < 4.78 is 26.6. The van der Waals surface area contributed by atoms with Crippen LogP contribution in [-0.2, 0) is 4.79 Å². The third kappa shape index (κ3) is 2.64. The third-order valence-electron chi connectivity index (χ3n) is 3.83. The molecule has 0 radical (unpaired) electrons. The first-order valence-electron chi connectivity index (χ1n) is 6.31. The molecule has 0 atom stereocenters. The Morgan fingerprint density at radius 3 is 2.40 bits per heavy atom. The first-order valence-corrected chi connectivity index (χ1v) is 6.31. The molecule has 0 saturated carbocycles. The van der Waals surface area contributed by atoms with Crippen molar-refractivity contribution in [2.45, 2.75) is 19.8 Å². The normalized spacial score (nSPS) is 17.9. The lowest BCUT2D eigenvalue weighted by atomic mass is 9.80. The van der Waals surface area contributed by atoms with E-state index >= 15 is 0 Å². The van der Waals surface area contributed by atoms with Crippen molar-refractivity contribution in [3.63, 3.8) is 0 Å². The number of hydrogen-bond acceptors (Lipinski definition) is 2. The van der Waals surface area contributed by atoms with Gasteiger partial charge in [0.2, 0.25) is 0 Å². The van der Waals surface area contributed by atoms with Gasteiger partial charge < -0.3 is 10.0 Å². The molecule has 2 rings (SSSR count). The number of halogens is 2. The number of amides is 1. The number of nitrogens with zero attached hydrogens (tertiary/aromatic N) is 1. The van der Waals surface area contributed by atoms with Crippen molar-refractivity contribution < 1.29 is 23.5 Å². The minimum atomic E-state index is -0.901. The highest BCUT2D eigenvalue weighted by Crippen LogP contribution is 2.31. The van der Waals surface area contributed by atoms with Crippen molar-refractivity contribution in [3.05, 3.63) is 35.4 Å². The topological polar surface area (TPSA) is 57.6 Å². The predicted octanol–water partition coefficient (Wildman–Crippen LogP) is 2.29. The van der Waals surface area contributed by atoms with Gasteiger partial charge in [-0.3, -0.25) is 9.59 Å². The van der Waals surface area contributed by atoms with Gasteiger partial charge in [-0.2, -0.15) is 0 Å². The molecule has 0 aliphatic carbocycles. The lowest BCUT2D eigenvalue weighted by molar-refractivity contribution is -0.150. The Hall–Kier alpha value is -1.98. The summed E-state index contributed by atoms with van der Waals surface area (Å²) in [5, 5.41) is 9.11. The summed E-state index contributed by atoms with van der Waals surface area (Å²) in [6.45, 7) is 2.06. The maximum atomic E-state index is 13.5. The van der Waals surface area contributed by atoms with E-state index < -0.39 is 28.9 Å². The summed E-state index contributed by atoms with van der Waals surface area (Å²) in [5.41, 5.74) is -1.18. The zero-order valence-electron chi connectivity index (χ0n) is 11.0. The third-order valence-corrected chi connectivity index (χ3v) is 3.83. The van der Waals surface area contributed by atoms with Gasteiger partial charge in [-0.15, -0.1) is 0 Å². The maximum absolute atomic E-state index is 13.5. The van der Waals surface area contributed by atoms with Gasteiger partial charge in [-0.25, -0.2) is 8.78 Å². The molecule has 20 heavy (non-hydrogen) atoms. The van der Waals surface area contributed by atoms with E-state index in [1.807, 2.05) is 0 Å². The van der Waals surface area contributed by atoms with Crippen molar-refractivity contribution in [2.75, 3.05) is 13.1 Å². The molecule has 0 aromatic heterocycles. The van der Waals surface area contributed by atoms with Crippen LogP contribution in [0.5, 0.6) is 0 Å². The summed E-state index contributed by atoms with van der Waals surface area (Å²) in [6.07, 6.45) is 0.593. The van der Waals surface area contributed by atoms with Crippen molar-refractivity contribution in [3.8, 4) is 0 Å². The number of aliphatic carboxylic acids is 1. The first-order chi connectivity index (χ1) is 9.33. The molecule has 1 fully saturated rings. The van der Waals surface area contributed by atoms with E-state index in [0.717, 1.165) is 18.2 Å². The average molecular weight is 283 g/mol. The zero-order valence-corrected chi connectivity index (χ0v) is 11.0. The Bertz CT molecular complexity index is 551. The lowest BCUT2D eigenvalue weighted by Crippen LogP contribution is -2.45. The molecule has 6 heteroatoms. The number of carboxylic acids is 1. The molecular weight excluding hydrogens is 268 g/mol. The van der Waals surface area contributed by atoms with E-state index in [1.165, 1.54) is 4.90 Å². The highest BCUT2D eigenvalue weighted by atomic mass is 19.1. The number of piperidine rings is 1. The molecule has 1 saturated heterocycles. The maximum Gasteiger partial charge on any atom is 0.309 e. The molecule has 108 valence electrons. The largest absolute Gasteiger partial charge is 0.481 e. The van der Waals surface area contributed by atoms with Crippen LogP contribution in [0.15, 0.2) is 18.2 Å². The number of carbonyl (C=O) groups excluding carboxylic acids is 1. The number of carbonyl (C=O) groups is 2. The number of hydrogen-bond donors (Lipinski definition) is 1. The molecule has 1 aromatic rings. The van der Waals surface area contributed by atoms with E-state index in [1.54, 1.807) is 6.92 Å². The fourth-order valence-electron chi connectivity index (χ4n) is 2.25. The van der Waals surface area contributed by atoms with Crippen molar-refractivity contribution in [1.29, 1.82) is 0 Å². The summed E-state index contributed by atoms with van der Waals surface area (Å²) >= 11 is 0. The molecule has 0 bridgehead atoms. The van der Waals surface area contributed by atoms with Crippen LogP contribution < -0.4 is 0 Å². The molecule has 1 aromatic carbocycles. The fraction of sp³-hybridized carbons (Fsp3) is 0.429. The highest BCUT2D eigenvalue weighted by molar-refractivity contribution is 5.94. The van der Waals surface area contributed by atoms with Crippen LogP contribution in [0.3, 0.4) is 0 Å². The van der Waals surface area contributed by atoms with Gasteiger partial charge in [0.05, 0.1) is 11.0 Å². The zero-order chi connectivity index (χ0) is 14.9. The minimum Gasteiger partial charge on any atom is -0.481 e. The minimum absolute atomic E-state index is 0.220. The first kappa shape index (κ1) is 14.4. The second-order valence-corrected chi connectivity index (χ2v) is 5.28. The molecule has 1 aliphatic heterocycles. The van der Waals surface area contributed by atoms with Crippen LogP contribution >= 0.6 is 0 Å². The van der Waals surface area contributed by atoms with E-state index in [4.69, 9.17) is 5.11 Å². The second kappa shape index (κ2) is 5.19. The predicted molar refractivity (Wildman–Crippen MR) is 67.2 cm³/mol. The van der Waals surface area contributed by atoms with Crippen LogP contribution in [0.4, 0.5) is 8.78 Å². The molecule has 0 spiro atoms. The van der Waals surface area contributed by atoms with E-state index in [-0.39, 0.29) is 18.7 Å². The quantitative estimate of drug-likeness (QED) is 0.906. The van der Waals surface area contributed by atoms with Gasteiger partial charge >= 0.3 is 5.97 Å². The average Bonchev–Trinajstić information content (AvgIpc) is 2.41. The van der Waals surface area contributed by atoms with E-state index in [2.05, 4.69) is 0 Å². The number of rotatable bonds is 2. The van der Waals surface area contributed by atoms with Gasteiger partial charge in [0.15, 0.2) is 0 Å². The van der Waals surface area contributed by atoms with Crippen LogP contribution in [-0.4, -0.2) is 35.0 Å². The second-order valence-electron chi connectivity index (χ2n) is 5.28. The molecule has 1 heterocycles. The Labute approximate surface area is 115 Å². The molecule has 1 N–H and O–H groups in total.